The van der Waals surface area contributed by atoms with Gasteiger partial charge in [-0.2, -0.15) is 0 Å². The first-order valence-corrected chi connectivity index (χ1v) is 3.76. The van der Waals surface area contributed by atoms with Crippen molar-refractivity contribution in [2.75, 3.05) is 6.54 Å². The summed E-state index contributed by atoms with van der Waals surface area (Å²) in [4.78, 5) is 0. The van der Waals surface area contributed by atoms with Gasteiger partial charge in [-0.1, -0.05) is 37.0 Å². The van der Waals surface area contributed by atoms with Crippen molar-refractivity contribution in [1.29, 1.82) is 0 Å². The molecule has 0 aromatic heterocycles. The SMILES string of the molecule is C=C1/C=C\C=C/C/C=C\1CN. The summed E-state index contributed by atoms with van der Waals surface area (Å²) in [6.45, 7) is 4.48. The van der Waals surface area contributed by atoms with Gasteiger partial charge in [0.05, 0.1) is 0 Å². The molecule has 0 aromatic carbocycles. The minimum absolute atomic E-state index is 0.580. The van der Waals surface area contributed by atoms with E-state index < -0.39 is 0 Å². The van der Waals surface area contributed by atoms with Crippen LogP contribution in [0.15, 0.2) is 48.1 Å². The third-order valence-corrected chi connectivity index (χ3v) is 1.68. The molecule has 0 aliphatic heterocycles. The lowest BCUT2D eigenvalue weighted by Gasteiger charge is -2.04. The second-order valence-corrected chi connectivity index (χ2v) is 2.48. The van der Waals surface area contributed by atoms with Crippen LogP contribution in [0.4, 0.5) is 0 Å². The maximum Gasteiger partial charge on any atom is 0.0180 e. The van der Waals surface area contributed by atoms with Crippen molar-refractivity contribution in [2.45, 2.75) is 6.42 Å². The zero-order valence-corrected chi connectivity index (χ0v) is 6.59. The van der Waals surface area contributed by atoms with Gasteiger partial charge in [0.2, 0.25) is 0 Å². The summed E-state index contributed by atoms with van der Waals surface area (Å²) in [5.74, 6) is 0. The molecular weight excluding hydrogens is 134 g/mol. The summed E-state index contributed by atoms with van der Waals surface area (Å²) >= 11 is 0. The Hall–Kier alpha value is -1.08. The van der Waals surface area contributed by atoms with E-state index in [2.05, 4.69) is 18.7 Å². The highest BCUT2D eigenvalue weighted by molar-refractivity contribution is 5.40. The highest BCUT2D eigenvalue weighted by Crippen LogP contribution is 2.11. The maximum absolute atomic E-state index is 5.53. The van der Waals surface area contributed by atoms with E-state index in [9.17, 15) is 0 Å². The number of nitrogens with two attached hydrogens (primary N) is 1. The fourth-order valence-electron chi connectivity index (χ4n) is 0.992. The van der Waals surface area contributed by atoms with E-state index in [1.165, 1.54) is 0 Å². The molecule has 1 aliphatic carbocycles. The molecule has 0 bridgehead atoms. The van der Waals surface area contributed by atoms with Crippen molar-refractivity contribution in [3.05, 3.63) is 48.1 Å². The van der Waals surface area contributed by atoms with Crippen molar-refractivity contribution < 1.29 is 0 Å². The topological polar surface area (TPSA) is 26.0 Å². The van der Waals surface area contributed by atoms with E-state index in [-0.39, 0.29) is 0 Å². The minimum Gasteiger partial charge on any atom is -0.326 e. The van der Waals surface area contributed by atoms with Crippen LogP contribution in [0.2, 0.25) is 0 Å². The van der Waals surface area contributed by atoms with Crippen LogP contribution in [0.3, 0.4) is 0 Å². The molecule has 1 nitrogen and oxygen atoms in total. The first kappa shape index (κ1) is 8.02. The van der Waals surface area contributed by atoms with Gasteiger partial charge in [0, 0.05) is 6.54 Å². The fraction of sp³-hybridized carbons (Fsp3) is 0.200. The van der Waals surface area contributed by atoms with Crippen LogP contribution in [-0.2, 0) is 0 Å². The molecule has 2 N–H and O–H groups in total. The molecule has 0 aromatic rings. The average Bonchev–Trinajstić information content (AvgIpc) is 1.98. The molecule has 0 spiro atoms. The van der Waals surface area contributed by atoms with Gasteiger partial charge in [-0.15, -0.1) is 0 Å². The first-order chi connectivity index (χ1) is 5.34. The summed E-state index contributed by atoms with van der Waals surface area (Å²) in [6.07, 6.45) is 11.2. The molecular formula is C10H13N. The van der Waals surface area contributed by atoms with E-state index in [0.29, 0.717) is 6.54 Å². The van der Waals surface area contributed by atoms with Crippen LogP contribution in [0, 0.1) is 0 Å². The normalized spacial score (nSPS) is 28.1. The Morgan fingerprint density at radius 3 is 3.00 bits per heavy atom. The van der Waals surface area contributed by atoms with Crippen LogP contribution in [0.5, 0.6) is 0 Å². The Labute approximate surface area is 67.6 Å². The second-order valence-electron chi connectivity index (χ2n) is 2.48. The Kier molecular flexibility index (Phi) is 2.87. The van der Waals surface area contributed by atoms with E-state index in [4.69, 9.17) is 5.73 Å². The van der Waals surface area contributed by atoms with Gasteiger partial charge in [-0.3, -0.25) is 0 Å². The maximum atomic E-state index is 5.53. The van der Waals surface area contributed by atoms with Crippen LogP contribution in [0.25, 0.3) is 0 Å². The molecule has 58 valence electrons. The highest BCUT2D eigenvalue weighted by Gasteiger charge is 1.96. The van der Waals surface area contributed by atoms with Gasteiger partial charge in [0.15, 0.2) is 0 Å². The molecule has 1 heteroatoms. The lowest BCUT2D eigenvalue weighted by atomic mass is 10.0. The Bertz CT molecular complexity index is 231. The predicted octanol–water partition coefficient (Wildman–Crippen LogP) is 1.94. The first-order valence-electron chi connectivity index (χ1n) is 3.76. The zero-order valence-electron chi connectivity index (χ0n) is 6.59. The zero-order chi connectivity index (χ0) is 8.10. The van der Waals surface area contributed by atoms with Crippen LogP contribution in [-0.4, -0.2) is 6.54 Å². The molecule has 0 amide bonds. The Balaban J connectivity index is 2.83. The lowest BCUT2D eigenvalue weighted by Crippen LogP contribution is -2.04. The van der Waals surface area contributed by atoms with Gasteiger partial charge in [0.1, 0.15) is 0 Å². The average molecular weight is 147 g/mol. The second kappa shape index (κ2) is 3.94. The molecule has 1 aliphatic rings. The fourth-order valence-corrected chi connectivity index (χ4v) is 0.992. The lowest BCUT2D eigenvalue weighted by molar-refractivity contribution is 1.14. The van der Waals surface area contributed by atoms with Gasteiger partial charge >= 0.3 is 0 Å². The van der Waals surface area contributed by atoms with Gasteiger partial charge < -0.3 is 5.73 Å². The monoisotopic (exact) mass is 147 g/mol. The quantitative estimate of drug-likeness (QED) is 0.602. The number of hydrogen-bond donors (Lipinski definition) is 1. The van der Waals surface area contributed by atoms with E-state index >= 15 is 0 Å². The van der Waals surface area contributed by atoms with Gasteiger partial charge in [-0.05, 0) is 17.6 Å². The largest absolute Gasteiger partial charge is 0.326 e. The number of hydrogen-bond acceptors (Lipinski definition) is 1. The molecule has 0 fully saturated rings. The van der Waals surface area contributed by atoms with Crippen molar-refractivity contribution >= 4 is 0 Å². The van der Waals surface area contributed by atoms with E-state index in [0.717, 1.165) is 17.6 Å². The number of allylic oxidation sites excluding steroid dienone is 5. The molecule has 0 atom stereocenters. The molecule has 1 rings (SSSR count). The summed E-state index contributed by atoms with van der Waals surface area (Å²) < 4.78 is 0. The summed E-state index contributed by atoms with van der Waals surface area (Å²) in [6, 6.07) is 0. The molecule has 0 saturated carbocycles. The molecule has 0 saturated heterocycles. The third kappa shape index (κ3) is 2.20. The highest BCUT2D eigenvalue weighted by atomic mass is 14.5. The van der Waals surface area contributed by atoms with Crippen molar-refractivity contribution in [3.8, 4) is 0 Å². The minimum atomic E-state index is 0.580. The van der Waals surface area contributed by atoms with Crippen LogP contribution in [0.1, 0.15) is 6.42 Å². The predicted molar refractivity (Wildman–Crippen MR) is 49.2 cm³/mol. The standard InChI is InChI=1S/C10H13N/c1-9-6-4-2-3-5-7-10(9)8-11/h2-4,6-7H,1,5,8,11H2/b3-2-,6-4-,10-7-. The molecule has 11 heavy (non-hydrogen) atoms. The van der Waals surface area contributed by atoms with Crippen molar-refractivity contribution in [1.82, 2.24) is 0 Å². The van der Waals surface area contributed by atoms with Crippen molar-refractivity contribution in [2.24, 2.45) is 5.73 Å². The smallest absolute Gasteiger partial charge is 0.0180 e. The van der Waals surface area contributed by atoms with Crippen molar-refractivity contribution in [3.63, 3.8) is 0 Å². The van der Waals surface area contributed by atoms with Gasteiger partial charge in [0.25, 0.3) is 0 Å². The van der Waals surface area contributed by atoms with Gasteiger partial charge in [-0.25, -0.2) is 0 Å². The number of rotatable bonds is 1. The van der Waals surface area contributed by atoms with Crippen LogP contribution >= 0.6 is 0 Å². The summed E-state index contributed by atoms with van der Waals surface area (Å²) in [5, 5.41) is 0. The third-order valence-electron chi connectivity index (χ3n) is 1.68. The Morgan fingerprint density at radius 2 is 2.27 bits per heavy atom. The van der Waals surface area contributed by atoms with E-state index in [1.807, 2.05) is 18.2 Å². The molecule has 0 heterocycles. The molecule has 0 unspecified atom stereocenters. The Morgan fingerprint density at radius 1 is 1.45 bits per heavy atom. The summed E-state index contributed by atoms with van der Waals surface area (Å²) in [7, 11) is 0. The summed E-state index contributed by atoms with van der Waals surface area (Å²) in [5.41, 5.74) is 7.70. The van der Waals surface area contributed by atoms with E-state index in [1.54, 1.807) is 0 Å². The van der Waals surface area contributed by atoms with Crippen LogP contribution < -0.4 is 5.73 Å². The molecule has 0 radical (unpaired) electrons.